The normalized spacial score (nSPS) is 12.6. The van der Waals surface area contributed by atoms with Crippen LogP contribution in [0.15, 0.2) is 59.8 Å². The largest absolute Gasteiger partial charge is 0.497 e. The first-order valence-corrected chi connectivity index (χ1v) is 10.7. The molecule has 1 aromatic heterocycles. The van der Waals surface area contributed by atoms with Crippen molar-refractivity contribution < 1.29 is 17.9 Å². The van der Waals surface area contributed by atoms with E-state index in [9.17, 15) is 8.42 Å². The Morgan fingerprint density at radius 2 is 1.69 bits per heavy atom. The highest BCUT2D eigenvalue weighted by Crippen LogP contribution is 2.30. The molecule has 0 spiro atoms. The number of sulfonamides is 1. The van der Waals surface area contributed by atoms with Gasteiger partial charge in [-0.15, -0.1) is 0 Å². The van der Waals surface area contributed by atoms with Crippen molar-refractivity contribution >= 4 is 10.0 Å². The Labute approximate surface area is 171 Å². The minimum atomic E-state index is -3.80. The molecule has 3 aromatic rings. The van der Waals surface area contributed by atoms with E-state index in [1.54, 1.807) is 61.5 Å². The summed E-state index contributed by atoms with van der Waals surface area (Å²) in [7, 11) is 1.12. The van der Waals surface area contributed by atoms with Gasteiger partial charge in [-0.2, -0.15) is 4.72 Å². The summed E-state index contributed by atoms with van der Waals surface area (Å²) in [5, 5.41) is 0. The van der Waals surface area contributed by atoms with Gasteiger partial charge in [-0.25, -0.2) is 13.4 Å². The fourth-order valence-electron chi connectivity index (χ4n) is 3.05. The first-order chi connectivity index (χ1) is 13.9. The molecule has 0 amide bonds. The van der Waals surface area contributed by atoms with Crippen LogP contribution in [0.3, 0.4) is 0 Å². The SMILES string of the molecule is CCc1ccc(S(=O)(=O)N[C@@H](c2cc(OC)cc(OC)c2)c2nccn2C)cc1. The molecule has 1 heterocycles. The first-order valence-electron chi connectivity index (χ1n) is 9.19. The molecule has 0 fully saturated rings. The van der Waals surface area contributed by atoms with Crippen molar-refractivity contribution in [2.45, 2.75) is 24.3 Å². The highest BCUT2D eigenvalue weighted by atomic mass is 32.2. The van der Waals surface area contributed by atoms with Crippen LogP contribution >= 0.6 is 0 Å². The number of aryl methyl sites for hydroxylation is 2. The van der Waals surface area contributed by atoms with E-state index < -0.39 is 16.1 Å². The van der Waals surface area contributed by atoms with Gasteiger partial charge in [0, 0.05) is 25.5 Å². The van der Waals surface area contributed by atoms with Gasteiger partial charge in [0.05, 0.1) is 19.1 Å². The summed E-state index contributed by atoms with van der Waals surface area (Å²) in [4.78, 5) is 4.56. The van der Waals surface area contributed by atoms with E-state index in [0.717, 1.165) is 12.0 Å². The van der Waals surface area contributed by atoms with Crippen molar-refractivity contribution in [3.8, 4) is 11.5 Å². The fraction of sp³-hybridized carbons (Fsp3) is 0.286. The fourth-order valence-corrected chi connectivity index (χ4v) is 4.23. The zero-order valence-corrected chi connectivity index (χ0v) is 17.7. The Kier molecular flexibility index (Phi) is 6.24. The summed E-state index contributed by atoms with van der Waals surface area (Å²) in [5.74, 6) is 1.67. The molecule has 0 radical (unpaired) electrons. The van der Waals surface area contributed by atoms with Gasteiger partial charge in [-0.1, -0.05) is 19.1 Å². The highest BCUT2D eigenvalue weighted by Gasteiger charge is 2.26. The molecule has 0 bridgehead atoms. The third-order valence-corrected chi connectivity index (χ3v) is 6.18. The molecule has 29 heavy (non-hydrogen) atoms. The Morgan fingerprint density at radius 1 is 1.07 bits per heavy atom. The van der Waals surface area contributed by atoms with Crippen molar-refractivity contribution in [3.63, 3.8) is 0 Å². The lowest BCUT2D eigenvalue weighted by molar-refractivity contribution is 0.392. The number of hydrogen-bond donors (Lipinski definition) is 1. The van der Waals surface area contributed by atoms with Gasteiger partial charge in [-0.3, -0.25) is 0 Å². The minimum absolute atomic E-state index is 0.198. The maximum Gasteiger partial charge on any atom is 0.241 e. The minimum Gasteiger partial charge on any atom is -0.497 e. The predicted octanol–water partition coefficient (Wildman–Crippen LogP) is 3.07. The highest BCUT2D eigenvalue weighted by molar-refractivity contribution is 7.89. The van der Waals surface area contributed by atoms with E-state index in [-0.39, 0.29) is 4.90 Å². The molecule has 154 valence electrons. The number of methoxy groups -OCH3 is 2. The average molecular weight is 416 g/mol. The number of nitrogens with zero attached hydrogens (tertiary/aromatic N) is 2. The van der Waals surface area contributed by atoms with Crippen molar-refractivity contribution in [1.29, 1.82) is 0 Å². The van der Waals surface area contributed by atoms with Crippen LogP contribution in [-0.2, 0) is 23.5 Å². The summed E-state index contributed by atoms with van der Waals surface area (Å²) in [6.45, 7) is 2.02. The quantitative estimate of drug-likeness (QED) is 0.611. The standard InChI is InChI=1S/C21H25N3O4S/c1-5-15-6-8-19(9-7-15)29(25,26)23-20(21-22-10-11-24(21)2)16-12-17(27-3)14-18(13-16)28-4/h6-14,20,23H,5H2,1-4H3/t20-/m0/s1. The van der Waals surface area contributed by atoms with Crippen molar-refractivity contribution in [1.82, 2.24) is 14.3 Å². The second-order valence-electron chi connectivity index (χ2n) is 6.59. The van der Waals surface area contributed by atoms with Gasteiger partial charge in [0.25, 0.3) is 0 Å². The van der Waals surface area contributed by atoms with Gasteiger partial charge in [-0.05, 0) is 41.8 Å². The Bertz CT molecular complexity index is 1050. The van der Waals surface area contributed by atoms with Crippen LogP contribution < -0.4 is 14.2 Å². The second-order valence-corrected chi connectivity index (χ2v) is 8.31. The number of rotatable bonds is 8. The molecule has 0 aliphatic rings. The third-order valence-electron chi connectivity index (χ3n) is 4.74. The molecule has 0 unspecified atom stereocenters. The Balaban J connectivity index is 2.06. The van der Waals surface area contributed by atoms with Gasteiger partial charge in [0.2, 0.25) is 10.0 Å². The monoisotopic (exact) mass is 415 g/mol. The molecule has 0 aliphatic carbocycles. The molecule has 0 saturated carbocycles. The summed E-state index contributed by atoms with van der Waals surface area (Å²) >= 11 is 0. The van der Waals surface area contributed by atoms with Crippen molar-refractivity contribution in [2.75, 3.05) is 14.2 Å². The van der Waals surface area contributed by atoms with Gasteiger partial charge in [0.1, 0.15) is 23.4 Å². The summed E-state index contributed by atoms with van der Waals surface area (Å²) < 4.78 is 41.5. The second kappa shape index (κ2) is 8.67. The number of hydrogen-bond acceptors (Lipinski definition) is 5. The molecule has 7 nitrogen and oxygen atoms in total. The molecule has 1 N–H and O–H groups in total. The molecule has 0 aliphatic heterocycles. The van der Waals surface area contributed by atoms with Gasteiger partial charge >= 0.3 is 0 Å². The molecule has 2 aromatic carbocycles. The number of imidazole rings is 1. The molecular weight excluding hydrogens is 390 g/mol. The number of aromatic nitrogens is 2. The van der Waals surface area contributed by atoms with E-state index in [4.69, 9.17) is 9.47 Å². The topological polar surface area (TPSA) is 82.5 Å². The number of benzene rings is 2. The summed E-state index contributed by atoms with van der Waals surface area (Å²) in [6.07, 6.45) is 4.24. The predicted molar refractivity (Wildman–Crippen MR) is 111 cm³/mol. The third kappa shape index (κ3) is 4.60. The van der Waals surface area contributed by atoms with Crippen molar-refractivity contribution in [2.24, 2.45) is 7.05 Å². The zero-order valence-electron chi connectivity index (χ0n) is 16.9. The molecule has 3 rings (SSSR count). The molecule has 8 heteroatoms. The number of nitrogens with one attached hydrogen (secondary N) is 1. The molecule has 1 atom stereocenters. The van der Waals surface area contributed by atoms with E-state index in [1.165, 1.54) is 0 Å². The molecular formula is C21H25N3O4S. The van der Waals surface area contributed by atoms with Crippen LogP contribution in [0.1, 0.15) is 29.9 Å². The lowest BCUT2D eigenvalue weighted by Gasteiger charge is -2.20. The smallest absolute Gasteiger partial charge is 0.241 e. The van der Waals surface area contributed by atoms with Crippen molar-refractivity contribution in [3.05, 3.63) is 71.8 Å². The summed E-state index contributed by atoms with van der Waals surface area (Å²) in [5.41, 5.74) is 1.73. The number of ether oxygens (including phenoxy) is 2. The summed E-state index contributed by atoms with van der Waals surface area (Å²) in [6, 6.07) is 11.4. The van der Waals surface area contributed by atoms with Crippen LogP contribution in [0.25, 0.3) is 0 Å². The Hall–Kier alpha value is -2.84. The maximum atomic E-state index is 13.1. The Morgan fingerprint density at radius 3 is 2.17 bits per heavy atom. The van der Waals surface area contributed by atoms with E-state index in [1.807, 2.05) is 26.1 Å². The lowest BCUT2D eigenvalue weighted by atomic mass is 10.1. The van der Waals surface area contributed by atoms with E-state index in [0.29, 0.717) is 22.9 Å². The average Bonchev–Trinajstić information content (AvgIpc) is 3.17. The van der Waals surface area contributed by atoms with Crippen LogP contribution in [0.2, 0.25) is 0 Å². The van der Waals surface area contributed by atoms with Crippen LogP contribution in [0.4, 0.5) is 0 Å². The van der Waals surface area contributed by atoms with Crippen LogP contribution in [0, 0.1) is 0 Å². The van der Waals surface area contributed by atoms with E-state index in [2.05, 4.69) is 9.71 Å². The zero-order chi connectivity index (χ0) is 21.0. The molecule has 0 saturated heterocycles. The van der Waals surface area contributed by atoms with Crippen LogP contribution in [-0.4, -0.2) is 32.2 Å². The maximum absolute atomic E-state index is 13.1. The van der Waals surface area contributed by atoms with Gasteiger partial charge < -0.3 is 14.0 Å². The lowest BCUT2D eigenvalue weighted by Crippen LogP contribution is -2.31. The van der Waals surface area contributed by atoms with Gasteiger partial charge in [0.15, 0.2) is 0 Å². The van der Waals surface area contributed by atoms with Crippen LogP contribution in [0.5, 0.6) is 11.5 Å². The van der Waals surface area contributed by atoms with E-state index >= 15 is 0 Å². The first kappa shape index (κ1) is 20.9.